The van der Waals surface area contributed by atoms with Gasteiger partial charge in [-0.3, -0.25) is 0 Å². The highest BCUT2D eigenvalue weighted by Crippen LogP contribution is 2.19. The van der Waals surface area contributed by atoms with Crippen LogP contribution in [0, 0.1) is 5.92 Å². The van der Waals surface area contributed by atoms with E-state index in [1.54, 1.807) is 4.31 Å². The van der Waals surface area contributed by atoms with E-state index < -0.39 is 10.0 Å². The van der Waals surface area contributed by atoms with Gasteiger partial charge in [-0.2, -0.15) is 4.31 Å². The zero-order valence-electron chi connectivity index (χ0n) is 12.4. The molecule has 4 nitrogen and oxygen atoms in total. The van der Waals surface area contributed by atoms with Crippen LogP contribution >= 0.6 is 0 Å². The highest BCUT2D eigenvalue weighted by atomic mass is 32.2. The zero-order valence-corrected chi connectivity index (χ0v) is 13.2. The molecule has 0 aliphatic carbocycles. The molecule has 0 bridgehead atoms. The first kappa shape index (κ1) is 15.5. The molecule has 1 saturated heterocycles. The van der Waals surface area contributed by atoms with Crippen molar-refractivity contribution in [2.45, 2.75) is 32.4 Å². The Bertz CT molecular complexity index is 528. The van der Waals surface area contributed by atoms with Gasteiger partial charge in [0.15, 0.2) is 0 Å². The maximum Gasteiger partial charge on any atom is 0.211 e. The summed E-state index contributed by atoms with van der Waals surface area (Å²) >= 11 is 0. The van der Waals surface area contributed by atoms with E-state index in [1.807, 2.05) is 18.2 Å². The molecule has 1 aliphatic heterocycles. The van der Waals surface area contributed by atoms with Crippen molar-refractivity contribution in [3.05, 3.63) is 35.9 Å². The van der Waals surface area contributed by atoms with Gasteiger partial charge in [-0.15, -0.1) is 0 Å². The summed E-state index contributed by atoms with van der Waals surface area (Å²) in [5.74, 6) is 0.315. The van der Waals surface area contributed by atoms with Crippen molar-refractivity contribution in [2.75, 3.05) is 19.3 Å². The Morgan fingerprint density at radius 1 is 1.30 bits per heavy atom. The summed E-state index contributed by atoms with van der Waals surface area (Å²) in [6, 6.07) is 10.4. The summed E-state index contributed by atoms with van der Waals surface area (Å²) in [5, 5.41) is 3.49. The van der Waals surface area contributed by atoms with Crippen LogP contribution < -0.4 is 5.32 Å². The molecule has 1 aromatic rings. The van der Waals surface area contributed by atoms with Crippen molar-refractivity contribution in [1.29, 1.82) is 0 Å². The van der Waals surface area contributed by atoms with Gasteiger partial charge in [0.1, 0.15) is 0 Å². The van der Waals surface area contributed by atoms with Crippen molar-refractivity contribution < 1.29 is 8.42 Å². The van der Waals surface area contributed by atoms with Gasteiger partial charge >= 0.3 is 0 Å². The molecule has 1 heterocycles. The van der Waals surface area contributed by atoms with Crippen LogP contribution in [0.2, 0.25) is 0 Å². The van der Waals surface area contributed by atoms with Gasteiger partial charge in [0.2, 0.25) is 10.0 Å². The van der Waals surface area contributed by atoms with E-state index in [4.69, 9.17) is 0 Å². The Kier molecular flexibility index (Phi) is 4.83. The van der Waals surface area contributed by atoms with Crippen LogP contribution in [-0.2, 0) is 16.4 Å². The molecule has 1 aliphatic rings. The third-order valence-corrected chi connectivity index (χ3v) is 5.18. The fourth-order valence-corrected chi connectivity index (χ4v) is 4.05. The average Bonchev–Trinajstić information content (AvgIpc) is 2.38. The molecular formula is C15H24N2O2S. The molecule has 20 heavy (non-hydrogen) atoms. The highest BCUT2D eigenvalue weighted by molar-refractivity contribution is 7.88. The molecule has 0 saturated carbocycles. The van der Waals surface area contributed by atoms with Crippen LogP contribution in [0.15, 0.2) is 30.3 Å². The predicted octanol–water partition coefficient (Wildman–Crippen LogP) is 1.49. The van der Waals surface area contributed by atoms with E-state index in [2.05, 4.69) is 31.3 Å². The number of hydrogen-bond acceptors (Lipinski definition) is 3. The zero-order chi connectivity index (χ0) is 14.8. The number of piperazine rings is 1. The van der Waals surface area contributed by atoms with Crippen molar-refractivity contribution in [3.8, 4) is 0 Å². The number of nitrogens with zero attached hydrogens (tertiary/aromatic N) is 1. The molecule has 1 fully saturated rings. The lowest BCUT2D eigenvalue weighted by atomic mass is 9.98. The lowest BCUT2D eigenvalue weighted by Crippen LogP contribution is -2.60. The van der Waals surface area contributed by atoms with E-state index >= 15 is 0 Å². The minimum atomic E-state index is -3.15. The van der Waals surface area contributed by atoms with E-state index in [1.165, 1.54) is 11.8 Å². The smallest absolute Gasteiger partial charge is 0.211 e. The van der Waals surface area contributed by atoms with Crippen molar-refractivity contribution in [3.63, 3.8) is 0 Å². The largest absolute Gasteiger partial charge is 0.311 e. The van der Waals surface area contributed by atoms with Crippen molar-refractivity contribution >= 4 is 10.0 Å². The third-order valence-electron chi connectivity index (χ3n) is 3.91. The summed E-state index contributed by atoms with van der Waals surface area (Å²) in [6.07, 6.45) is 2.17. The van der Waals surface area contributed by atoms with Crippen molar-refractivity contribution in [1.82, 2.24) is 9.62 Å². The second-order valence-electron chi connectivity index (χ2n) is 5.94. The minimum absolute atomic E-state index is 0.0528. The topological polar surface area (TPSA) is 49.4 Å². The summed E-state index contributed by atoms with van der Waals surface area (Å²) in [4.78, 5) is 0. The van der Waals surface area contributed by atoms with Crippen LogP contribution in [-0.4, -0.2) is 44.2 Å². The molecule has 1 aromatic carbocycles. The molecule has 0 amide bonds. The quantitative estimate of drug-likeness (QED) is 0.916. The van der Waals surface area contributed by atoms with Crippen LogP contribution in [0.25, 0.3) is 0 Å². The first-order chi connectivity index (χ1) is 9.38. The Hall–Kier alpha value is -0.910. The maximum atomic E-state index is 12.0. The van der Waals surface area contributed by atoms with Gasteiger partial charge in [-0.1, -0.05) is 44.2 Å². The number of hydrogen-bond donors (Lipinski definition) is 1. The molecule has 2 rings (SSSR count). The van der Waals surface area contributed by atoms with Gasteiger partial charge in [-0.25, -0.2) is 8.42 Å². The molecule has 2 atom stereocenters. The van der Waals surface area contributed by atoms with Gasteiger partial charge in [0, 0.05) is 25.2 Å². The highest BCUT2D eigenvalue weighted by Gasteiger charge is 2.35. The van der Waals surface area contributed by atoms with Gasteiger partial charge in [0.05, 0.1) is 6.26 Å². The lowest BCUT2D eigenvalue weighted by molar-refractivity contribution is 0.183. The number of sulfonamides is 1. The summed E-state index contributed by atoms with van der Waals surface area (Å²) < 4.78 is 25.7. The molecular weight excluding hydrogens is 272 g/mol. The standard InChI is InChI=1S/C15H24N2O2S/c1-12(2)15-10-16-14(11-17(15)20(3,18)19)9-13-7-5-4-6-8-13/h4-8,12,14-16H,9-11H2,1-3H3. The fraction of sp³-hybridized carbons (Fsp3) is 0.600. The molecule has 0 radical (unpaired) electrons. The van der Waals surface area contributed by atoms with Crippen LogP contribution in [0.1, 0.15) is 19.4 Å². The monoisotopic (exact) mass is 296 g/mol. The number of benzene rings is 1. The number of rotatable bonds is 4. The van der Waals surface area contributed by atoms with Crippen LogP contribution in [0.5, 0.6) is 0 Å². The van der Waals surface area contributed by atoms with Crippen LogP contribution in [0.3, 0.4) is 0 Å². The minimum Gasteiger partial charge on any atom is -0.311 e. The Labute approximate surface area is 122 Å². The normalized spacial score (nSPS) is 25.0. The molecule has 0 aromatic heterocycles. The maximum absolute atomic E-state index is 12.0. The molecule has 2 unspecified atom stereocenters. The molecule has 1 N–H and O–H groups in total. The van der Waals surface area contributed by atoms with Crippen molar-refractivity contribution in [2.24, 2.45) is 5.92 Å². The fourth-order valence-electron chi connectivity index (χ4n) is 2.79. The Morgan fingerprint density at radius 3 is 2.50 bits per heavy atom. The second-order valence-corrected chi connectivity index (χ2v) is 7.87. The SMILES string of the molecule is CC(C)C1CNC(Cc2ccccc2)CN1S(C)(=O)=O. The number of nitrogens with one attached hydrogen (secondary N) is 1. The van der Waals surface area contributed by atoms with Gasteiger partial charge in [0.25, 0.3) is 0 Å². The van der Waals surface area contributed by atoms with Gasteiger partial charge in [-0.05, 0) is 17.9 Å². The average molecular weight is 296 g/mol. The first-order valence-electron chi connectivity index (χ1n) is 7.12. The second kappa shape index (κ2) is 6.24. The van der Waals surface area contributed by atoms with E-state index in [0.717, 1.165) is 13.0 Å². The Balaban J connectivity index is 2.09. The van der Waals surface area contributed by atoms with Crippen LogP contribution in [0.4, 0.5) is 0 Å². The summed E-state index contributed by atoms with van der Waals surface area (Å²) in [7, 11) is -3.15. The van der Waals surface area contributed by atoms with E-state index in [9.17, 15) is 8.42 Å². The molecule has 0 spiro atoms. The summed E-state index contributed by atoms with van der Waals surface area (Å²) in [6.45, 7) is 5.42. The van der Waals surface area contributed by atoms with E-state index in [-0.39, 0.29) is 12.1 Å². The molecule has 112 valence electrons. The van der Waals surface area contributed by atoms with Gasteiger partial charge < -0.3 is 5.32 Å². The first-order valence-corrected chi connectivity index (χ1v) is 8.97. The predicted molar refractivity (Wildman–Crippen MR) is 82.1 cm³/mol. The Morgan fingerprint density at radius 2 is 1.95 bits per heavy atom. The lowest BCUT2D eigenvalue weighted by Gasteiger charge is -2.40. The van der Waals surface area contributed by atoms with E-state index in [0.29, 0.717) is 12.5 Å². The summed E-state index contributed by atoms with van der Waals surface area (Å²) in [5.41, 5.74) is 1.24. The third kappa shape index (κ3) is 3.81. The molecule has 5 heteroatoms.